The lowest BCUT2D eigenvalue weighted by Crippen LogP contribution is -2.37. The largest absolute Gasteiger partial charge is 0.310 e. The molecule has 3 heteroatoms. The van der Waals surface area contributed by atoms with Gasteiger partial charge in [-0.3, -0.25) is 0 Å². The second-order valence-corrected chi connectivity index (χ2v) is 19.7. The van der Waals surface area contributed by atoms with Crippen LogP contribution in [0.15, 0.2) is 188 Å². The van der Waals surface area contributed by atoms with Crippen molar-refractivity contribution in [1.29, 1.82) is 0 Å². The van der Waals surface area contributed by atoms with Crippen molar-refractivity contribution in [2.45, 2.75) is 19.6 Å². The van der Waals surface area contributed by atoms with Gasteiger partial charge in [-0.25, -0.2) is 0 Å². The molecule has 250 valence electrons. The summed E-state index contributed by atoms with van der Waals surface area (Å²) in [6.07, 6.45) is 0. The first kappa shape index (κ1) is 31.8. The maximum atomic E-state index is 2.40. The van der Waals surface area contributed by atoms with Gasteiger partial charge in [-0.2, -0.15) is 0 Å². The molecule has 0 aliphatic carbocycles. The van der Waals surface area contributed by atoms with E-state index >= 15 is 0 Å². The number of fused-ring (bicyclic) bond motifs is 8. The molecule has 0 N–H and O–H groups in total. The monoisotopic (exact) mass is 684 g/mol. The summed E-state index contributed by atoms with van der Waals surface area (Å²) in [5, 5.41) is 11.6. The number of anilines is 6. The maximum absolute atomic E-state index is 2.40. The van der Waals surface area contributed by atoms with E-state index in [9.17, 15) is 0 Å². The third-order valence-electron chi connectivity index (χ3n) is 10.3. The molecule has 0 radical (unpaired) electrons. The summed E-state index contributed by atoms with van der Waals surface area (Å²) < 4.78 is 0. The van der Waals surface area contributed by atoms with Crippen LogP contribution in [-0.2, 0) is 0 Å². The Hall–Kier alpha value is -6.16. The van der Waals surface area contributed by atoms with Gasteiger partial charge in [0.1, 0.15) is 0 Å². The van der Waals surface area contributed by atoms with Crippen molar-refractivity contribution in [2.75, 3.05) is 9.80 Å². The van der Waals surface area contributed by atoms with E-state index in [1.54, 1.807) is 0 Å². The number of benzene rings is 9. The fourth-order valence-corrected chi connectivity index (χ4v) is 8.94. The van der Waals surface area contributed by atoms with E-state index < -0.39 is 8.07 Å². The average Bonchev–Trinajstić information content (AvgIpc) is 3.19. The molecule has 0 heterocycles. The summed E-state index contributed by atoms with van der Waals surface area (Å²) in [5.74, 6) is 0. The van der Waals surface area contributed by atoms with Crippen molar-refractivity contribution in [3.63, 3.8) is 0 Å². The van der Waals surface area contributed by atoms with Crippen molar-refractivity contribution in [3.8, 4) is 0 Å². The zero-order valence-electron chi connectivity index (χ0n) is 29.8. The average molecular weight is 685 g/mol. The molecule has 9 aromatic carbocycles. The molecule has 0 bridgehead atoms. The number of para-hydroxylation sites is 3. The van der Waals surface area contributed by atoms with Crippen LogP contribution < -0.4 is 15.0 Å². The first-order valence-electron chi connectivity index (χ1n) is 18.1. The van der Waals surface area contributed by atoms with Gasteiger partial charge >= 0.3 is 0 Å². The van der Waals surface area contributed by atoms with Gasteiger partial charge in [-0.15, -0.1) is 0 Å². The Morgan fingerprint density at radius 3 is 1.27 bits per heavy atom. The summed E-state index contributed by atoms with van der Waals surface area (Å²) in [6.45, 7) is 7.21. The van der Waals surface area contributed by atoms with E-state index in [0.717, 1.165) is 28.4 Å². The molecule has 0 saturated carbocycles. The standard InChI is InChI=1S/C49H40N2Si/c1-52(2,3)42-28-24-39(25-29-42)51(38-19-11-6-12-20-38)40-26-31-43-35(33-40)23-30-47-45-32-27-41(34-48(45)44-21-13-14-22-46(44)49(43)47)50(36-15-7-4-8-16-36)37-17-9-5-10-18-37/h4-34H,1-3H3. The lowest BCUT2D eigenvalue weighted by atomic mass is 9.90. The van der Waals surface area contributed by atoms with Gasteiger partial charge in [0, 0.05) is 34.1 Å². The SMILES string of the molecule is C[Si](C)(C)c1ccc(N(c2ccccc2)c2ccc3c(ccc4c5ccc(N(c6ccccc6)c6ccccc6)cc5c5ccccc5c34)c2)cc1. The summed E-state index contributed by atoms with van der Waals surface area (Å²) in [7, 11) is -1.42. The van der Waals surface area contributed by atoms with Crippen LogP contribution >= 0.6 is 0 Å². The van der Waals surface area contributed by atoms with Crippen molar-refractivity contribution in [3.05, 3.63) is 188 Å². The topological polar surface area (TPSA) is 6.48 Å². The Kier molecular flexibility index (Phi) is 7.87. The number of rotatable bonds is 7. The second kappa shape index (κ2) is 12.9. The third-order valence-corrected chi connectivity index (χ3v) is 12.4. The molecule has 2 nitrogen and oxygen atoms in total. The summed E-state index contributed by atoms with van der Waals surface area (Å²) in [4.78, 5) is 4.72. The van der Waals surface area contributed by atoms with Gasteiger partial charge in [0.2, 0.25) is 0 Å². The van der Waals surface area contributed by atoms with Crippen LogP contribution in [0.1, 0.15) is 0 Å². The van der Waals surface area contributed by atoms with Crippen LogP contribution in [0.5, 0.6) is 0 Å². The Morgan fingerprint density at radius 1 is 0.308 bits per heavy atom. The normalized spacial score (nSPS) is 11.8. The highest BCUT2D eigenvalue weighted by molar-refractivity contribution is 6.88. The van der Waals surface area contributed by atoms with E-state index in [2.05, 4.69) is 217 Å². The Morgan fingerprint density at radius 2 is 0.712 bits per heavy atom. The van der Waals surface area contributed by atoms with E-state index in [1.165, 1.54) is 54.0 Å². The lowest BCUT2D eigenvalue weighted by molar-refractivity contribution is 1.29. The number of nitrogens with zero attached hydrogens (tertiary/aromatic N) is 2. The van der Waals surface area contributed by atoms with Gasteiger partial charge in [0.15, 0.2) is 0 Å². The van der Waals surface area contributed by atoms with Crippen LogP contribution in [0.4, 0.5) is 34.1 Å². The number of hydrogen-bond donors (Lipinski definition) is 0. The van der Waals surface area contributed by atoms with Crippen LogP contribution in [0.3, 0.4) is 0 Å². The van der Waals surface area contributed by atoms with Gasteiger partial charge in [0.05, 0.1) is 8.07 Å². The molecule has 52 heavy (non-hydrogen) atoms. The van der Waals surface area contributed by atoms with Gasteiger partial charge < -0.3 is 9.80 Å². The molecular weight excluding hydrogens is 645 g/mol. The van der Waals surface area contributed by atoms with E-state index in [1.807, 2.05) is 0 Å². The molecule has 0 aliphatic heterocycles. The maximum Gasteiger partial charge on any atom is 0.0775 e. The van der Waals surface area contributed by atoms with Gasteiger partial charge in [0.25, 0.3) is 0 Å². The molecule has 0 aromatic heterocycles. The van der Waals surface area contributed by atoms with Crippen LogP contribution in [0, 0.1) is 0 Å². The van der Waals surface area contributed by atoms with E-state index in [0.29, 0.717) is 0 Å². The third kappa shape index (κ3) is 5.60. The van der Waals surface area contributed by atoms with Crippen molar-refractivity contribution in [1.82, 2.24) is 0 Å². The molecule has 9 aromatic rings. The highest BCUT2D eigenvalue weighted by atomic mass is 28.3. The highest BCUT2D eigenvalue weighted by Gasteiger charge is 2.20. The van der Waals surface area contributed by atoms with Gasteiger partial charge in [-0.1, -0.05) is 140 Å². The minimum Gasteiger partial charge on any atom is -0.310 e. The lowest BCUT2D eigenvalue weighted by Gasteiger charge is -2.27. The van der Waals surface area contributed by atoms with E-state index in [4.69, 9.17) is 0 Å². The summed E-state index contributed by atoms with van der Waals surface area (Å²) in [5.41, 5.74) is 6.87. The molecule has 0 atom stereocenters. The van der Waals surface area contributed by atoms with Crippen LogP contribution in [0.2, 0.25) is 19.6 Å². The molecule has 0 saturated heterocycles. The van der Waals surface area contributed by atoms with Crippen molar-refractivity contribution < 1.29 is 0 Å². The van der Waals surface area contributed by atoms with E-state index in [-0.39, 0.29) is 0 Å². The zero-order valence-corrected chi connectivity index (χ0v) is 30.8. The molecular formula is C49H40N2Si. The predicted molar refractivity (Wildman–Crippen MR) is 229 cm³/mol. The highest BCUT2D eigenvalue weighted by Crippen LogP contribution is 2.44. The molecule has 0 fully saturated rings. The molecule has 0 aliphatic rings. The Labute approximate surface area is 306 Å². The minimum atomic E-state index is -1.42. The minimum absolute atomic E-state index is 1.14. The Balaban J connectivity index is 1.23. The molecule has 0 amide bonds. The summed E-state index contributed by atoms with van der Waals surface area (Å²) >= 11 is 0. The predicted octanol–water partition coefficient (Wildman–Crippen LogP) is 13.8. The molecule has 9 rings (SSSR count). The quantitative estimate of drug-likeness (QED) is 0.122. The zero-order chi connectivity index (χ0) is 35.2. The molecule has 0 unspecified atom stereocenters. The van der Waals surface area contributed by atoms with Gasteiger partial charge in [-0.05, 0) is 116 Å². The fourth-order valence-electron chi connectivity index (χ4n) is 7.77. The summed E-state index contributed by atoms with van der Waals surface area (Å²) in [6, 6.07) is 68.7. The van der Waals surface area contributed by atoms with Crippen molar-refractivity contribution in [2.24, 2.45) is 0 Å². The van der Waals surface area contributed by atoms with Crippen LogP contribution in [-0.4, -0.2) is 8.07 Å². The second-order valence-electron chi connectivity index (χ2n) is 14.6. The number of hydrogen-bond acceptors (Lipinski definition) is 2. The smallest absolute Gasteiger partial charge is 0.0775 e. The Bertz CT molecular complexity index is 2640. The van der Waals surface area contributed by atoms with Crippen LogP contribution in [0.25, 0.3) is 43.1 Å². The fraction of sp³-hybridized carbons (Fsp3) is 0.0612. The van der Waals surface area contributed by atoms with Crippen molar-refractivity contribution >= 4 is 90.5 Å². The first-order valence-corrected chi connectivity index (χ1v) is 21.6. The first-order chi connectivity index (χ1) is 25.4. The molecule has 0 spiro atoms.